The summed E-state index contributed by atoms with van der Waals surface area (Å²) in [6.45, 7) is 1.95. The van der Waals surface area contributed by atoms with Gasteiger partial charge in [-0.2, -0.15) is 0 Å². The molecule has 0 atom stereocenters. The summed E-state index contributed by atoms with van der Waals surface area (Å²) in [7, 11) is 0. The lowest BCUT2D eigenvalue weighted by atomic mass is 10.1. The fourth-order valence-electron chi connectivity index (χ4n) is 1.44. The summed E-state index contributed by atoms with van der Waals surface area (Å²) >= 11 is 7.42. The summed E-state index contributed by atoms with van der Waals surface area (Å²) in [6, 6.07) is 7.51. The maximum atomic E-state index is 9.20. The number of thiazole rings is 1. The average molecular weight is 240 g/mol. The fourth-order valence-corrected chi connectivity index (χ4v) is 2.45. The Morgan fingerprint density at radius 1 is 1.47 bits per heavy atom. The lowest BCUT2D eigenvalue weighted by Gasteiger charge is -2.00. The van der Waals surface area contributed by atoms with Crippen molar-refractivity contribution >= 4 is 22.9 Å². The Morgan fingerprint density at radius 2 is 2.27 bits per heavy atom. The fraction of sp³-hybridized carbons (Fsp3) is 0.182. The molecule has 78 valence electrons. The maximum Gasteiger partial charge on any atom is 0.0905 e. The number of aliphatic hydroxyl groups excluding tert-OH is 1. The average Bonchev–Trinajstić information content (AvgIpc) is 2.59. The minimum absolute atomic E-state index is 0.0212. The van der Waals surface area contributed by atoms with Crippen LogP contribution in [0.25, 0.3) is 11.3 Å². The van der Waals surface area contributed by atoms with Gasteiger partial charge in [0, 0.05) is 10.6 Å². The number of aryl methyl sites for hydroxylation is 1. The molecular weight excluding hydrogens is 230 g/mol. The number of halogens is 1. The van der Waals surface area contributed by atoms with Crippen molar-refractivity contribution in [2.24, 2.45) is 0 Å². The van der Waals surface area contributed by atoms with Crippen LogP contribution in [0, 0.1) is 6.92 Å². The standard InChI is InChI=1S/C11H10ClNOS/c1-7-13-11(10(6-14)15-7)8-3-2-4-9(12)5-8/h2-5,14H,6H2,1H3. The van der Waals surface area contributed by atoms with Crippen LogP contribution in [0.15, 0.2) is 24.3 Å². The van der Waals surface area contributed by atoms with Gasteiger partial charge >= 0.3 is 0 Å². The van der Waals surface area contributed by atoms with E-state index in [-0.39, 0.29) is 6.61 Å². The zero-order valence-electron chi connectivity index (χ0n) is 8.20. The second-order valence-electron chi connectivity index (χ2n) is 3.17. The largest absolute Gasteiger partial charge is 0.391 e. The molecule has 1 heterocycles. The number of hydrogen-bond acceptors (Lipinski definition) is 3. The molecule has 0 saturated heterocycles. The number of rotatable bonds is 2. The second kappa shape index (κ2) is 4.31. The van der Waals surface area contributed by atoms with E-state index in [9.17, 15) is 5.11 Å². The van der Waals surface area contributed by atoms with Crippen molar-refractivity contribution < 1.29 is 5.11 Å². The lowest BCUT2D eigenvalue weighted by molar-refractivity contribution is 0.286. The lowest BCUT2D eigenvalue weighted by Crippen LogP contribution is -1.84. The number of aromatic nitrogens is 1. The molecule has 0 spiro atoms. The van der Waals surface area contributed by atoms with Crippen LogP contribution in [-0.4, -0.2) is 10.1 Å². The first-order valence-electron chi connectivity index (χ1n) is 4.54. The van der Waals surface area contributed by atoms with Gasteiger partial charge in [0.05, 0.1) is 22.2 Å². The van der Waals surface area contributed by atoms with E-state index in [0.717, 1.165) is 21.1 Å². The molecule has 1 aromatic carbocycles. The van der Waals surface area contributed by atoms with Crippen molar-refractivity contribution in [3.8, 4) is 11.3 Å². The third-order valence-corrected chi connectivity index (χ3v) is 3.24. The molecule has 2 rings (SSSR count). The molecular formula is C11H10ClNOS. The Bertz CT molecular complexity index is 481. The van der Waals surface area contributed by atoms with Crippen molar-refractivity contribution in [2.75, 3.05) is 0 Å². The van der Waals surface area contributed by atoms with Gasteiger partial charge in [0.15, 0.2) is 0 Å². The molecule has 0 unspecified atom stereocenters. The quantitative estimate of drug-likeness (QED) is 0.873. The van der Waals surface area contributed by atoms with Gasteiger partial charge in [-0.25, -0.2) is 4.98 Å². The molecule has 0 saturated carbocycles. The van der Waals surface area contributed by atoms with Crippen molar-refractivity contribution in [3.05, 3.63) is 39.2 Å². The van der Waals surface area contributed by atoms with Gasteiger partial charge in [0.1, 0.15) is 0 Å². The summed E-state index contributed by atoms with van der Waals surface area (Å²) in [5.74, 6) is 0. The van der Waals surface area contributed by atoms with E-state index in [1.165, 1.54) is 11.3 Å². The van der Waals surface area contributed by atoms with Crippen LogP contribution in [0.3, 0.4) is 0 Å². The van der Waals surface area contributed by atoms with Crippen LogP contribution in [-0.2, 0) is 6.61 Å². The maximum absolute atomic E-state index is 9.20. The normalized spacial score (nSPS) is 10.6. The first kappa shape index (κ1) is 10.6. The Kier molecular flexibility index (Phi) is 3.05. The first-order valence-corrected chi connectivity index (χ1v) is 5.73. The minimum Gasteiger partial charge on any atom is -0.391 e. The summed E-state index contributed by atoms with van der Waals surface area (Å²) in [4.78, 5) is 5.28. The van der Waals surface area contributed by atoms with Gasteiger partial charge in [-0.1, -0.05) is 23.7 Å². The van der Waals surface area contributed by atoms with E-state index in [0.29, 0.717) is 5.02 Å². The summed E-state index contributed by atoms with van der Waals surface area (Å²) < 4.78 is 0. The van der Waals surface area contributed by atoms with Crippen LogP contribution in [0.2, 0.25) is 5.02 Å². The molecule has 4 heteroatoms. The van der Waals surface area contributed by atoms with Gasteiger partial charge in [-0.15, -0.1) is 11.3 Å². The third-order valence-electron chi connectivity index (χ3n) is 2.05. The van der Waals surface area contributed by atoms with Gasteiger partial charge in [0.2, 0.25) is 0 Å². The second-order valence-corrected chi connectivity index (χ2v) is 4.90. The van der Waals surface area contributed by atoms with Gasteiger partial charge in [-0.05, 0) is 19.1 Å². The Hall–Kier alpha value is -0.900. The Labute approximate surface area is 97.2 Å². The molecule has 0 amide bonds. The van der Waals surface area contributed by atoms with Crippen molar-refractivity contribution in [3.63, 3.8) is 0 Å². The molecule has 15 heavy (non-hydrogen) atoms. The third kappa shape index (κ3) is 2.20. The van der Waals surface area contributed by atoms with Crippen LogP contribution < -0.4 is 0 Å². The monoisotopic (exact) mass is 239 g/mol. The molecule has 0 bridgehead atoms. The number of aliphatic hydroxyl groups is 1. The Balaban J connectivity index is 2.53. The highest BCUT2D eigenvalue weighted by Gasteiger charge is 2.10. The molecule has 0 radical (unpaired) electrons. The van der Waals surface area contributed by atoms with Crippen molar-refractivity contribution in [1.29, 1.82) is 0 Å². The topological polar surface area (TPSA) is 33.1 Å². The molecule has 1 N–H and O–H groups in total. The van der Waals surface area contributed by atoms with Gasteiger partial charge < -0.3 is 5.11 Å². The predicted octanol–water partition coefficient (Wildman–Crippen LogP) is 3.26. The van der Waals surface area contributed by atoms with Crippen LogP contribution >= 0.6 is 22.9 Å². The highest BCUT2D eigenvalue weighted by Crippen LogP contribution is 2.29. The van der Waals surface area contributed by atoms with E-state index in [1.807, 2.05) is 31.2 Å². The van der Waals surface area contributed by atoms with E-state index < -0.39 is 0 Å². The zero-order chi connectivity index (χ0) is 10.8. The Morgan fingerprint density at radius 3 is 2.93 bits per heavy atom. The van der Waals surface area contributed by atoms with E-state index in [1.54, 1.807) is 0 Å². The van der Waals surface area contributed by atoms with E-state index in [4.69, 9.17) is 11.6 Å². The predicted molar refractivity (Wildman–Crippen MR) is 63.2 cm³/mol. The number of nitrogens with zero attached hydrogens (tertiary/aromatic N) is 1. The number of hydrogen-bond donors (Lipinski definition) is 1. The van der Waals surface area contributed by atoms with Crippen LogP contribution in [0.1, 0.15) is 9.88 Å². The minimum atomic E-state index is 0.0212. The van der Waals surface area contributed by atoms with Crippen molar-refractivity contribution in [1.82, 2.24) is 4.98 Å². The molecule has 2 aromatic rings. The van der Waals surface area contributed by atoms with Gasteiger partial charge in [0.25, 0.3) is 0 Å². The molecule has 1 aromatic heterocycles. The van der Waals surface area contributed by atoms with Crippen LogP contribution in [0.4, 0.5) is 0 Å². The molecule has 0 aliphatic heterocycles. The highest BCUT2D eigenvalue weighted by atomic mass is 35.5. The summed E-state index contributed by atoms with van der Waals surface area (Å²) in [5.41, 5.74) is 1.79. The molecule has 0 aliphatic carbocycles. The van der Waals surface area contributed by atoms with Crippen molar-refractivity contribution in [2.45, 2.75) is 13.5 Å². The van der Waals surface area contributed by atoms with E-state index >= 15 is 0 Å². The first-order chi connectivity index (χ1) is 7.20. The highest BCUT2D eigenvalue weighted by molar-refractivity contribution is 7.12. The zero-order valence-corrected chi connectivity index (χ0v) is 9.77. The molecule has 0 fully saturated rings. The smallest absolute Gasteiger partial charge is 0.0905 e. The van der Waals surface area contributed by atoms with E-state index in [2.05, 4.69) is 4.98 Å². The van der Waals surface area contributed by atoms with Crippen LogP contribution in [0.5, 0.6) is 0 Å². The number of benzene rings is 1. The van der Waals surface area contributed by atoms with Gasteiger partial charge in [-0.3, -0.25) is 0 Å². The summed E-state index contributed by atoms with van der Waals surface area (Å²) in [5, 5.41) is 10.8. The SMILES string of the molecule is Cc1nc(-c2cccc(Cl)c2)c(CO)s1. The summed E-state index contributed by atoms with van der Waals surface area (Å²) in [6.07, 6.45) is 0. The molecule has 2 nitrogen and oxygen atoms in total. The molecule has 0 aliphatic rings.